The molecule has 0 fully saturated rings. The molecular weight excluding hydrogens is 254 g/mol. The van der Waals surface area contributed by atoms with E-state index >= 15 is 0 Å². The summed E-state index contributed by atoms with van der Waals surface area (Å²) in [6.07, 6.45) is 0. The SMILES string of the molecule is Cl.F.F.F.F.Fc1cccc(F)c1[S]. The van der Waals surface area contributed by atoms with E-state index in [1.54, 1.807) is 0 Å². The second-order valence-electron chi connectivity index (χ2n) is 1.55. The van der Waals surface area contributed by atoms with Crippen molar-refractivity contribution in [3.63, 3.8) is 0 Å². The molecular formula is C6H8ClF6S. The average Bonchev–Trinajstić information content (AvgIpc) is 1.83. The van der Waals surface area contributed by atoms with Crippen LogP contribution in [0.25, 0.3) is 0 Å². The van der Waals surface area contributed by atoms with Crippen LogP contribution in [0.3, 0.4) is 0 Å². The Morgan fingerprint density at radius 1 is 0.857 bits per heavy atom. The van der Waals surface area contributed by atoms with Gasteiger partial charge in [-0.25, -0.2) is 8.78 Å². The summed E-state index contributed by atoms with van der Waals surface area (Å²) in [5.74, 6) is -1.35. The summed E-state index contributed by atoms with van der Waals surface area (Å²) in [6, 6.07) is 3.54. The first-order chi connectivity index (χ1) is 4.22. The predicted octanol–water partition coefficient (Wildman–Crippen LogP) is 3.55. The molecule has 0 aliphatic carbocycles. The molecule has 1 aromatic rings. The van der Waals surface area contributed by atoms with E-state index in [9.17, 15) is 8.78 Å². The van der Waals surface area contributed by atoms with Gasteiger partial charge in [0, 0.05) is 0 Å². The lowest BCUT2D eigenvalue weighted by Gasteiger charge is -1.91. The fraction of sp³-hybridized carbons (Fsp3) is 0. The Balaban J connectivity index is -0.0000000540. The number of hydrogen-bond donors (Lipinski definition) is 0. The summed E-state index contributed by atoms with van der Waals surface area (Å²) in [6.45, 7) is 0. The highest BCUT2D eigenvalue weighted by Gasteiger charge is 2.02. The van der Waals surface area contributed by atoms with Gasteiger partial charge in [-0.3, -0.25) is 18.8 Å². The summed E-state index contributed by atoms with van der Waals surface area (Å²) in [7, 11) is 0. The Labute approximate surface area is 88.0 Å². The molecule has 0 spiro atoms. The lowest BCUT2D eigenvalue weighted by molar-refractivity contribution is 0.541. The topological polar surface area (TPSA) is 0 Å². The molecule has 1 radical (unpaired) electrons. The number of hydrogen-bond acceptors (Lipinski definition) is 0. The molecule has 0 amide bonds. The summed E-state index contributed by atoms with van der Waals surface area (Å²) in [5, 5.41) is 0. The molecule has 0 saturated carbocycles. The van der Waals surface area contributed by atoms with Crippen molar-refractivity contribution in [3.05, 3.63) is 29.8 Å². The first-order valence-corrected chi connectivity index (χ1v) is 2.73. The van der Waals surface area contributed by atoms with Crippen LogP contribution in [0.1, 0.15) is 0 Å². The highest BCUT2D eigenvalue weighted by molar-refractivity contribution is 7.80. The minimum absolute atomic E-state index is 0. The van der Waals surface area contributed by atoms with Gasteiger partial charge in [-0.2, -0.15) is 0 Å². The van der Waals surface area contributed by atoms with E-state index in [0.29, 0.717) is 0 Å². The maximum atomic E-state index is 12.2. The first-order valence-electron chi connectivity index (χ1n) is 2.33. The zero-order valence-corrected chi connectivity index (χ0v) is 8.07. The van der Waals surface area contributed by atoms with Crippen LogP contribution in [0.4, 0.5) is 27.6 Å². The largest absolute Gasteiger partial charge is 0.269 e. The Morgan fingerprint density at radius 3 is 1.36 bits per heavy atom. The monoisotopic (exact) mass is 261 g/mol. The molecule has 8 heteroatoms. The molecule has 0 unspecified atom stereocenters. The molecule has 0 atom stereocenters. The van der Waals surface area contributed by atoms with E-state index in [1.165, 1.54) is 6.07 Å². The van der Waals surface area contributed by atoms with Crippen molar-refractivity contribution in [3.8, 4) is 0 Å². The van der Waals surface area contributed by atoms with Gasteiger partial charge in [0.15, 0.2) is 0 Å². The van der Waals surface area contributed by atoms with E-state index in [1.807, 2.05) is 0 Å². The molecule has 1 aromatic carbocycles. The van der Waals surface area contributed by atoms with Crippen molar-refractivity contribution in [2.45, 2.75) is 4.90 Å². The molecule has 0 heterocycles. The molecule has 0 bridgehead atoms. The van der Waals surface area contributed by atoms with Gasteiger partial charge < -0.3 is 0 Å². The van der Waals surface area contributed by atoms with Crippen LogP contribution in [0, 0.1) is 11.6 Å². The van der Waals surface area contributed by atoms with Crippen LogP contribution in [-0.4, -0.2) is 0 Å². The quantitative estimate of drug-likeness (QED) is 0.627. The van der Waals surface area contributed by atoms with Crippen LogP contribution >= 0.6 is 25.0 Å². The second kappa shape index (κ2) is 12.3. The lowest BCUT2D eigenvalue weighted by Crippen LogP contribution is -1.81. The van der Waals surface area contributed by atoms with Crippen molar-refractivity contribution in [1.82, 2.24) is 0 Å². The highest BCUT2D eigenvalue weighted by Crippen LogP contribution is 2.14. The minimum Gasteiger partial charge on any atom is -0.269 e. The third-order valence-electron chi connectivity index (χ3n) is 0.919. The summed E-state index contributed by atoms with van der Waals surface area (Å²) < 4.78 is 24.5. The third kappa shape index (κ3) is 6.79. The minimum atomic E-state index is -0.676. The van der Waals surface area contributed by atoms with E-state index in [-0.39, 0.29) is 36.1 Å². The zero-order chi connectivity index (χ0) is 6.85. The van der Waals surface area contributed by atoms with Crippen molar-refractivity contribution in [2.24, 2.45) is 0 Å². The van der Waals surface area contributed by atoms with Crippen LogP contribution in [-0.2, 0) is 0 Å². The maximum Gasteiger partial charge on any atom is 0.144 e. The van der Waals surface area contributed by atoms with Gasteiger partial charge in [0.1, 0.15) is 16.5 Å². The fourth-order valence-corrected chi connectivity index (χ4v) is 0.619. The van der Waals surface area contributed by atoms with Crippen molar-refractivity contribution >= 4 is 25.0 Å². The Bertz CT molecular complexity index is 213. The first kappa shape index (κ1) is 29.2. The molecule has 1 rings (SSSR count). The van der Waals surface area contributed by atoms with Gasteiger partial charge in [0.05, 0.1) is 0 Å². The van der Waals surface area contributed by atoms with Crippen LogP contribution in [0.5, 0.6) is 0 Å². The Morgan fingerprint density at radius 2 is 1.14 bits per heavy atom. The van der Waals surface area contributed by atoms with Gasteiger partial charge in [0.25, 0.3) is 0 Å². The smallest absolute Gasteiger partial charge is 0.144 e. The molecule has 0 aromatic heterocycles. The molecule has 0 aliphatic rings. The molecule has 0 N–H and O–H groups in total. The standard InChI is InChI=1S/C6H3F2S.ClH.4FH/c7-4-2-1-3-5(8)6(4)9;;;;;/h1-3H;5*1H. The van der Waals surface area contributed by atoms with Gasteiger partial charge >= 0.3 is 0 Å². The molecule has 0 saturated heterocycles. The van der Waals surface area contributed by atoms with E-state index in [2.05, 4.69) is 12.6 Å². The molecule has 0 nitrogen and oxygen atoms in total. The van der Waals surface area contributed by atoms with E-state index < -0.39 is 11.6 Å². The van der Waals surface area contributed by atoms with Crippen LogP contribution < -0.4 is 0 Å². The van der Waals surface area contributed by atoms with Crippen molar-refractivity contribution < 1.29 is 27.6 Å². The van der Waals surface area contributed by atoms with Crippen LogP contribution in [0.15, 0.2) is 23.1 Å². The summed E-state index contributed by atoms with van der Waals surface area (Å²) >= 11 is 4.34. The molecule has 14 heavy (non-hydrogen) atoms. The Hall–Kier alpha value is -0.690. The second-order valence-corrected chi connectivity index (χ2v) is 1.96. The Kier molecular flexibility index (Phi) is 25.7. The zero-order valence-electron chi connectivity index (χ0n) is 6.44. The van der Waals surface area contributed by atoms with E-state index in [4.69, 9.17) is 0 Å². The third-order valence-corrected chi connectivity index (χ3v) is 1.31. The normalized spacial score (nSPS) is 6.14. The van der Waals surface area contributed by atoms with Crippen molar-refractivity contribution in [2.75, 3.05) is 0 Å². The number of halogens is 7. The van der Waals surface area contributed by atoms with Crippen molar-refractivity contribution in [1.29, 1.82) is 0 Å². The maximum absolute atomic E-state index is 12.2. The van der Waals surface area contributed by atoms with Gasteiger partial charge in [-0.15, -0.1) is 12.4 Å². The average molecular weight is 262 g/mol. The van der Waals surface area contributed by atoms with Gasteiger partial charge in [0.2, 0.25) is 0 Å². The summed E-state index contributed by atoms with van der Waals surface area (Å²) in [4.78, 5) is -0.336. The van der Waals surface area contributed by atoms with E-state index in [0.717, 1.165) is 12.1 Å². The van der Waals surface area contributed by atoms with Crippen LogP contribution in [0.2, 0.25) is 0 Å². The highest BCUT2D eigenvalue weighted by atomic mass is 35.5. The van der Waals surface area contributed by atoms with Gasteiger partial charge in [-0.05, 0) is 12.1 Å². The van der Waals surface area contributed by atoms with Gasteiger partial charge in [-0.1, -0.05) is 18.7 Å². The predicted molar refractivity (Wildman–Crippen MR) is 49.5 cm³/mol. The summed E-state index contributed by atoms with van der Waals surface area (Å²) in [5.41, 5.74) is 0. The lowest BCUT2D eigenvalue weighted by atomic mass is 10.3. The molecule has 87 valence electrons. The molecule has 0 aliphatic heterocycles. The number of rotatable bonds is 0. The number of benzene rings is 1. The fourth-order valence-electron chi connectivity index (χ4n) is 0.483.